The van der Waals surface area contributed by atoms with Crippen LogP contribution >= 0.6 is 11.6 Å². The number of hydrogen-bond donors (Lipinski definition) is 2. The highest BCUT2D eigenvalue weighted by Gasteiger charge is 2.16. The van der Waals surface area contributed by atoms with Gasteiger partial charge in [0.05, 0.1) is 12.6 Å². The number of nitrogens with zero attached hydrogens (tertiary/aromatic N) is 1. The van der Waals surface area contributed by atoms with Gasteiger partial charge in [-0.05, 0) is 44.2 Å². The molecule has 1 atom stereocenters. The monoisotopic (exact) mass is 346 g/mol. The number of nitrogens with one attached hydrogen (secondary N) is 1. The van der Waals surface area contributed by atoms with Gasteiger partial charge in [0.2, 0.25) is 5.91 Å². The summed E-state index contributed by atoms with van der Waals surface area (Å²) in [6.45, 7) is 4.51. The first kappa shape index (κ1) is 18.5. The van der Waals surface area contributed by atoms with Crippen molar-refractivity contribution < 1.29 is 9.90 Å². The normalized spacial score (nSPS) is 12.2. The molecule has 2 aromatic rings. The van der Waals surface area contributed by atoms with Crippen molar-refractivity contribution in [1.82, 2.24) is 4.90 Å². The Bertz CT molecular complexity index is 718. The maximum Gasteiger partial charge on any atom is 0.238 e. The van der Waals surface area contributed by atoms with Gasteiger partial charge in [0, 0.05) is 22.8 Å². The Morgan fingerprint density at radius 1 is 1.21 bits per heavy atom. The predicted octanol–water partition coefficient (Wildman–Crippen LogP) is 3.56. The molecule has 2 N–H and O–H groups in total. The quantitative estimate of drug-likeness (QED) is 0.840. The van der Waals surface area contributed by atoms with E-state index < -0.39 is 6.10 Å². The van der Waals surface area contributed by atoms with Crippen molar-refractivity contribution in [1.29, 1.82) is 0 Å². The lowest BCUT2D eigenvalue weighted by Gasteiger charge is -2.21. The third-order valence-corrected chi connectivity index (χ3v) is 4.39. The first-order chi connectivity index (χ1) is 11.4. The number of likely N-dealkylation sites (N-methyl/N-ethyl adjacent to an activating group) is 1. The van der Waals surface area contributed by atoms with Gasteiger partial charge in [0.25, 0.3) is 0 Å². The molecule has 2 aromatic carbocycles. The van der Waals surface area contributed by atoms with E-state index in [1.54, 1.807) is 24.1 Å². The third-order valence-electron chi connectivity index (χ3n) is 4.04. The zero-order chi connectivity index (χ0) is 17.7. The van der Waals surface area contributed by atoms with E-state index in [2.05, 4.69) is 5.32 Å². The summed E-state index contributed by atoms with van der Waals surface area (Å²) in [5.74, 6) is -0.113. The SMILES string of the molecule is Cc1cccc(NC(=O)CN(C)CC(O)c2ccccc2Cl)c1C. The Balaban J connectivity index is 1.92. The molecule has 0 bridgehead atoms. The Morgan fingerprint density at radius 3 is 2.62 bits per heavy atom. The number of carbonyl (C=O) groups is 1. The molecule has 0 aliphatic rings. The summed E-state index contributed by atoms with van der Waals surface area (Å²) in [7, 11) is 1.79. The fourth-order valence-electron chi connectivity index (χ4n) is 2.52. The van der Waals surface area contributed by atoms with Crippen molar-refractivity contribution in [3.05, 3.63) is 64.2 Å². The van der Waals surface area contributed by atoms with Gasteiger partial charge in [0.1, 0.15) is 0 Å². The minimum Gasteiger partial charge on any atom is -0.387 e. The minimum atomic E-state index is -0.739. The van der Waals surface area contributed by atoms with Crippen LogP contribution in [0.2, 0.25) is 5.02 Å². The molecule has 0 aliphatic heterocycles. The van der Waals surface area contributed by atoms with Gasteiger partial charge in [-0.2, -0.15) is 0 Å². The lowest BCUT2D eigenvalue weighted by Crippen LogP contribution is -2.33. The molecule has 5 heteroatoms. The number of aliphatic hydroxyl groups excluding tert-OH is 1. The van der Waals surface area contributed by atoms with Crippen LogP contribution in [0.25, 0.3) is 0 Å². The van der Waals surface area contributed by atoms with E-state index in [1.165, 1.54) is 0 Å². The first-order valence-electron chi connectivity index (χ1n) is 7.85. The second kappa shape index (κ2) is 8.29. The molecular weight excluding hydrogens is 324 g/mol. The number of amides is 1. The van der Waals surface area contributed by atoms with Gasteiger partial charge >= 0.3 is 0 Å². The van der Waals surface area contributed by atoms with Crippen LogP contribution in [-0.2, 0) is 4.79 Å². The van der Waals surface area contributed by atoms with Crippen molar-refractivity contribution in [3.8, 4) is 0 Å². The topological polar surface area (TPSA) is 52.6 Å². The molecular formula is C19H23ClN2O2. The van der Waals surface area contributed by atoms with Crippen LogP contribution in [-0.4, -0.2) is 36.1 Å². The van der Waals surface area contributed by atoms with E-state index in [-0.39, 0.29) is 12.5 Å². The summed E-state index contributed by atoms with van der Waals surface area (Å²) >= 11 is 6.09. The van der Waals surface area contributed by atoms with Crippen LogP contribution in [0.5, 0.6) is 0 Å². The van der Waals surface area contributed by atoms with E-state index in [4.69, 9.17) is 11.6 Å². The second-order valence-electron chi connectivity index (χ2n) is 6.03. The molecule has 2 rings (SSSR count). The number of hydrogen-bond acceptors (Lipinski definition) is 3. The highest BCUT2D eigenvalue weighted by atomic mass is 35.5. The predicted molar refractivity (Wildman–Crippen MR) is 98.5 cm³/mol. The summed E-state index contributed by atoms with van der Waals surface area (Å²) in [5, 5.41) is 13.7. The molecule has 24 heavy (non-hydrogen) atoms. The molecule has 0 saturated carbocycles. The molecule has 0 radical (unpaired) electrons. The Morgan fingerprint density at radius 2 is 1.92 bits per heavy atom. The summed E-state index contributed by atoms with van der Waals surface area (Å²) in [4.78, 5) is 14.0. The summed E-state index contributed by atoms with van der Waals surface area (Å²) in [6, 6.07) is 13.0. The molecule has 0 saturated heterocycles. The standard InChI is InChI=1S/C19H23ClN2O2/c1-13-7-6-10-17(14(13)2)21-19(24)12-22(3)11-18(23)15-8-4-5-9-16(15)20/h4-10,18,23H,11-12H2,1-3H3,(H,21,24). The summed E-state index contributed by atoms with van der Waals surface area (Å²) < 4.78 is 0. The number of rotatable bonds is 6. The van der Waals surface area contributed by atoms with Gasteiger partial charge < -0.3 is 10.4 Å². The van der Waals surface area contributed by atoms with E-state index in [0.29, 0.717) is 17.1 Å². The lowest BCUT2D eigenvalue weighted by molar-refractivity contribution is -0.117. The van der Waals surface area contributed by atoms with Gasteiger partial charge in [-0.3, -0.25) is 9.69 Å². The van der Waals surface area contributed by atoms with Crippen LogP contribution in [0, 0.1) is 13.8 Å². The number of anilines is 1. The van der Waals surface area contributed by atoms with Crippen molar-refractivity contribution in [3.63, 3.8) is 0 Å². The molecule has 128 valence electrons. The molecule has 0 aliphatic carbocycles. The van der Waals surface area contributed by atoms with Crippen LogP contribution < -0.4 is 5.32 Å². The van der Waals surface area contributed by atoms with Crippen molar-refractivity contribution in [2.24, 2.45) is 0 Å². The number of aryl methyl sites for hydroxylation is 1. The first-order valence-corrected chi connectivity index (χ1v) is 8.23. The molecule has 0 aromatic heterocycles. The fourth-order valence-corrected chi connectivity index (χ4v) is 2.79. The molecule has 1 amide bonds. The Hall–Kier alpha value is -1.88. The van der Waals surface area contributed by atoms with Crippen LogP contribution in [0.15, 0.2) is 42.5 Å². The fraction of sp³-hybridized carbons (Fsp3) is 0.316. The van der Waals surface area contributed by atoms with Gasteiger partial charge in [0.15, 0.2) is 0 Å². The lowest BCUT2D eigenvalue weighted by atomic mass is 10.1. The maximum atomic E-state index is 12.2. The molecule has 1 unspecified atom stereocenters. The number of halogens is 1. The van der Waals surface area contributed by atoms with Crippen molar-refractivity contribution >= 4 is 23.2 Å². The average Bonchev–Trinajstić information content (AvgIpc) is 2.52. The van der Waals surface area contributed by atoms with Gasteiger partial charge in [-0.25, -0.2) is 0 Å². The van der Waals surface area contributed by atoms with E-state index in [0.717, 1.165) is 16.8 Å². The molecule has 4 nitrogen and oxygen atoms in total. The Labute approximate surface area is 148 Å². The van der Waals surface area contributed by atoms with Crippen molar-refractivity contribution in [2.45, 2.75) is 20.0 Å². The molecule has 0 heterocycles. The number of benzene rings is 2. The smallest absolute Gasteiger partial charge is 0.238 e. The maximum absolute atomic E-state index is 12.2. The van der Waals surface area contributed by atoms with Crippen LogP contribution in [0.4, 0.5) is 5.69 Å². The van der Waals surface area contributed by atoms with E-state index in [1.807, 2.05) is 44.2 Å². The summed E-state index contributed by atoms with van der Waals surface area (Å²) in [6.07, 6.45) is -0.739. The molecule has 0 fully saturated rings. The largest absolute Gasteiger partial charge is 0.387 e. The van der Waals surface area contributed by atoms with Gasteiger partial charge in [-0.15, -0.1) is 0 Å². The van der Waals surface area contributed by atoms with E-state index >= 15 is 0 Å². The van der Waals surface area contributed by atoms with Crippen LogP contribution in [0.3, 0.4) is 0 Å². The Kier molecular flexibility index (Phi) is 6.37. The summed E-state index contributed by atoms with van der Waals surface area (Å²) in [5.41, 5.74) is 3.68. The molecule has 0 spiro atoms. The number of carbonyl (C=O) groups excluding carboxylic acids is 1. The zero-order valence-corrected chi connectivity index (χ0v) is 15.0. The van der Waals surface area contributed by atoms with Crippen molar-refractivity contribution in [2.75, 3.05) is 25.5 Å². The minimum absolute atomic E-state index is 0.113. The van der Waals surface area contributed by atoms with E-state index in [9.17, 15) is 9.90 Å². The highest BCUT2D eigenvalue weighted by molar-refractivity contribution is 6.31. The zero-order valence-electron chi connectivity index (χ0n) is 14.2. The number of aliphatic hydroxyl groups is 1. The van der Waals surface area contributed by atoms with Gasteiger partial charge in [-0.1, -0.05) is 41.9 Å². The van der Waals surface area contributed by atoms with Crippen LogP contribution in [0.1, 0.15) is 22.8 Å². The third kappa shape index (κ3) is 4.81. The average molecular weight is 347 g/mol. The highest BCUT2D eigenvalue weighted by Crippen LogP contribution is 2.23. The second-order valence-corrected chi connectivity index (χ2v) is 6.44.